The number of nitrogens with two attached hydrogens (primary N) is 1. The molecule has 2 aliphatic carbocycles. The molecule has 0 amide bonds. The molecule has 0 radical (unpaired) electrons. The van der Waals surface area contributed by atoms with Gasteiger partial charge in [0.05, 0.1) is 12.6 Å². The Labute approximate surface area is 72.1 Å². The number of fused-ring (bicyclic) bond motifs is 1. The number of hydrogen-bond donors (Lipinski definition) is 2. The Kier molecular flexibility index (Phi) is 1.89. The van der Waals surface area contributed by atoms with E-state index in [1.54, 1.807) is 0 Å². The van der Waals surface area contributed by atoms with Gasteiger partial charge in [0, 0.05) is 0 Å². The highest BCUT2D eigenvalue weighted by Gasteiger charge is 2.20. The summed E-state index contributed by atoms with van der Waals surface area (Å²) in [5.74, 6) is 0. The molecule has 2 rings (SSSR count). The Morgan fingerprint density at radius 2 is 2.42 bits per heavy atom. The Balaban J connectivity index is 2.25. The molecule has 1 fully saturated rings. The molecule has 0 saturated heterocycles. The van der Waals surface area contributed by atoms with Gasteiger partial charge in [-0.05, 0) is 36.0 Å². The molecular weight excluding hydrogens is 150 g/mol. The zero-order valence-corrected chi connectivity index (χ0v) is 7.01. The maximum Gasteiger partial charge on any atom is 0.0627 e. The Bertz CT molecular complexity index is 295. The molecule has 1 unspecified atom stereocenters. The minimum Gasteiger partial charge on any atom is -0.394 e. The quantitative estimate of drug-likeness (QED) is 0.594. The van der Waals surface area contributed by atoms with Crippen LogP contribution in [0, 0.1) is 0 Å². The molecule has 1 saturated carbocycles. The van der Waals surface area contributed by atoms with E-state index in [4.69, 9.17) is 10.8 Å². The molecule has 3 N–H and O–H groups in total. The molecule has 1 atom stereocenters. The highest BCUT2D eigenvalue weighted by molar-refractivity contribution is 5.44. The summed E-state index contributed by atoms with van der Waals surface area (Å²) in [5.41, 5.74) is 12.8. The molecule has 2 heteroatoms. The highest BCUT2D eigenvalue weighted by atomic mass is 16.3. The van der Waals surface area contributed by atoms with Gasteiger partial charge in [-0.15, -0.1) is 5.73 Å². The van der Waals surface area contributed by atoms with Gasteiger partial charge in [-0.1, -0.05) is 6.08 Å². The van der Waals surface area contributed by atoms with E-state index in [9.17, 15) is 0 Å². The molecular formula is C10H13NO. The van der Waals surface area contributed by atoms with Gasteiger partial charge in [0.25, 0.3) is 0 Å². The molecule has 0 heterocycles. The van der Waals surface area contributed by atoms with E-state index < -0.39 is 0 Å². The van der Waals surface area contributed by atoms with Gasteiger partial charge >= 0.3 is 0 Å². The van der Waals surface area contributed by atoms with Crippen molar-refractivity contribution >= 4 is 0 Å². The van der Waals surface area contributed by atoms with Crippen molar-refractivity contribution in [2.75, 3.05) is 6.61 Å². The predicted molar refractivity (Wildman–Crippen MR) is 47.5 cm³/mol. The molecule has 0 aromatic heterocycles. The average Bonchev–Trinajstić information content (AvgIpc) is 2.06. The van der Waals surface area contributed by atoms with E-state index >= 15 is 0 Å². The van der Waals surface area contributed by atoms with Crippen LogP contribution in [0.1, 0.15) is 19.3 Å². The zero-order valence-electron chi connectivity index (χ0n) is 7.01. The average molecular weight is 163 g/mol. The molecule has 0 aliphatic heterocycles. The molecule has 0 spiro atoms. The Morgan fingerprint density at radius 3 is 2.92 bits per heavy atom. The van der Waals surface area contributed by atoms with Crippen LogP contribution in [0.5, 0.6) is 0 Å². The van der Waals surface area contributed by atoms with Crippen molar-refractivity contribution in [3.63, 3.8) is 0 Å². The van der Waals surface area contributed by atoms with Crippen molar-refractivity contribution in [3.8, 4) is 0 Å². The lowest BCUT2D eigenvalue weighted by Crippen LogP contribution is -2.27. The molecule has 0 bridgehead atoms. The fourth-order valence-electron chi connectivity index (χ4n) is 1.59. The largest absolute Gasteiger partial charge is 0.394 e. The van der Waals surface area contributed by atoms with Gasteiger partial charge in [-0.2, -0.15) is 0 Å². The minimum absolute atomic E-state index is 0.0266. The van der Waals surface area contributed by atoms with Crippen LogP contribution in [0.4, 0.5) is 0 Å². The van der Waals surface area contributed by atoms with E-state index in [1.807, 2.05) is 0 Å². The molecule has 0 aromatic rings. The van der Waals surface area contributed by atoms with Crippen LogP contribution < -0.4 is 5.73 Å². The normalized spacial score (nSPS) is 23.0. The van der Waals surface area contributed by atoms with Crippen LogP contribution in [0.2, 0.25) is 0 Å². The van der Waals surface area contributed by atoms with Gasteiger partial charge in [-0.25, -0.2) is 0 Å². The SMILES string of the molecule is NC(CO)C1=C=C2CCC2=CC1. The van der Waals surface area contributed by atoms with E-state index in [0.29, 0.717) is 0 Å². The summed E-state index contributed by atoms with van der Waals surface area (Å²) in [7, 11) is 0. The summed E-state index contributed by atoms with van der Waals surface area (Å²) >= 11 is 0. The standard InChI is InChI=1S/C10H13NO/c11-10(6-12)9-4-2-7-1-3-8(7)5-9/h2,10,12H,1,3-4,6,11H2. The van der Waals surface area contributed by atoms with Crippen molar-refractivity contribution in [1.82, 2.24) is 0 Å². The first kappa shape index (κ1) is 7.81. The third-order valence-corrected chi connectivity index (χ3v) is 2.56. The Morgan fingerprint density at radius 1 is 1.58 bits per heavy atom. The van der Waals surface area contributed by atoms with Crippen molar-refractivity contribution in [2.45, 2.75) is 25.3 Å². The molecule has 64 valence electrons. The molecule has 2 nitrogen and oxygen atoms in total. The van der Waals surface area contributed by atoms with Gasteiger partial charge in [0.15, 0.2) is 0 Å². The second-order valence-corrected chi connectivity index (χ2v) is 3.35. The highest BCUT2D eigenvalue weighted by Crippen LogP contribution is 2.35. The first-order valence-electron chi connectivity index (χ1n) is 4.35. The van der Waals surface area contributed by atoms with Crippen molar-refractivity contribution in [2.24, 2.45) is 5.73 Å². The fourth-order valence-corrected chi connectivity index (χ4v) is 1.59. The van der Waals surface area contributed by atoms with Gasteiger partial charge in [0.2, 0.25) is 0 Å². The van der Waals surface area contributed by atoms with Crippen LogP contribution in [-0.4, -0.2) is 17.8 Å². The van der Waals surface area contributed by atoms with Crippen molar-refractivity contribution < 1.29 is 5.11 Å². The van der Waals surface area contributed by atoms with Crippen LogP contribution in [0.3, 0.4) is 0 Å². The van der Waals surface area contributed by atoms with E-state index in [0.717, 1.165) is 18.4 Å². The maximum absolute atomic E-state index is 8.84. The lowest BCUT2D eigenvalue weighted by Gasteiger charge is -2.24. The van der Waals surface area contributed by atoms with Gasteiger partial charge in [0.1, 0.15) is 0 Å². The monoisotopic (exact) mass is 163 g/mol. The predicted octanol–water partition coefficient (Wildman–Crippen LogP) is 0.882. The van der Waals surface area contributed by atoms with Gasteiger partial charge < -0.3 is 10.8 Å². The summed E-state index contributed by atoms with van der Waals surface area (Å²) < 4.78 is 0. The number of allylic oxidation sites excluding steroid dienone is 2. The number of aliphatic hydroxyl groups is 1. The molecule has 2 aliphatic rings. The fraction of sp³-hybridized carbons (Fsp3) is 0.500. The topological polar surface area (TPSA) is 46.2 Å². The summed E-state index contributed by atoms with van der Waals surface area (Å²) in [5, 5.41) is 8.84. The van der Waals surface area contributed by atoms with Crippen molar-refractivity contribution in [1.29, 1.82) is 0 Å². The summed E-state index contributed by atoms with van der Waals surface area (Å²) in [6.07, 6.45) is 5.41. The minimum atomic E-state index is -0.212. The van der Waals surface area contributed by atoms with E-state index in [1.165, 1.54) is 17.6 Å². The third-order valence-electron chi connectivity index (χ3n) is 2.56. The maximum atomic E-state index is 8.84. The summed E-state index contributed by atoms with van der Waals surface area (Å²) in [6.45, 7) is 0.0266. The first-order valence-corrected chi connectivity index (χ1v) is 4.35. The first-order chi connectivity index (χ1) is 5.81. The number of aliphatic hydroxyl groups excluding tert-OH is 1. The zero-order chi connectivity index (χ0) is 8.55. The van der Waals surface area contributed by atoms with E-state index in [-0.39, 0.29) is 12.6 Å². The summed E-state index contributed by atoms with van der Waals surface area (Å²) in [6, 6.07) is -0.212. The molecule has 12 heavy (non-hydrogen) atoms. The second kappa shape index (κ2) is 2.91. The third kappa shape index (κ3) is 1.14. The lowest BCUT2D eigenvalue weighted by molar-refractivity contribution is 0.278. The van der Waals surface area contributed by atoms with Crippen LogP contribution in [0.25, 0.3) is 0 Å². The number of rotatable bonds is 2. The summed E-state index contributed by atoms with van der Waals surface area (Å²) in [4.78, 5) is 0. The Hall–Kier alpha value is -0.820. The van der Waals surface area contributed by atoms with Gasteiger partial charge in [-0.3, -0.25) is 0 Å². The van der Waals surface area contributed by atoms with Crippen molar-refractivity contribution in [3.05, 3.63) is 28.5 Å². The molecule has 0 aromatic carbocycles. The second-order valence-electron chi connectivity index (χ2n) is 3.35. The lowest BCUT2D eigenvalue weighted by atomic mass is 9.81. The van der Waals surface area contributed by atoms with Crippen LogP contribution >= 0.6 is 0 Å². The van der Waals surface area contributed by atoms with Crippen LogP contribution in [0.15, 0.2) is 28.5 Å². The number of hydrogen-bond acceptors (Lipinski definition) is 2. The smallest absolute Gasteiger partial charge is 0.0627 e. The van der Waals surface area contributed by atoms with Crippen LogP contribution in [-0.2, 0) is 0 Å². The van der Waals surface area contributed by atoms with E-state index in [2.05, 4.69) is 11.8 Å².